The molecule has 3 aromatic carbocycles. The molecule has 3 rings (SSSR count). The summed E-state index contributed by atoms with van der Waals surface area (Å²) in [4.78, 5) is 15.2. The van der Waals surface area contributed by atoms with Crippen LogP contribution in [-0.2, 0) is 4.89 Å². The second kappa shape index (κ2) is 5.64. The van der Waals surface area contributed by atoms with Crippen LogP contribution in [0.5, 0.6) is 0 Å². The van der Waals surface area contributed by atoms with Gasteiger partial charge < -0.3 is 5.32 Å². The van der Waals surface area contributed by atoms with Crippen LogP contribution in [0.25, 0.3) is 10.8 Å². The van der Waals surface area contributed by atoms with Crippen molar-refractivity contribution >= 4 is 28.1 Å². The standard InChI is InChI=1S/C17H13NO3/c19-17(21-20)13-10-9-12-5-4-8-16(15(12)11-13)18-14-6-2-1-3-7-14/h1-11,18,20H. The van der Waals surface area contributed by atoms with E-state index in [9.17, 15) is 4.79 Å². The van der Waals surface area contributed by atoms with E-state index in [2.05, 4.69) is 10.2 Å². The lowest BCUT2D eigenvalue weighted by Crippen LogP contribution is -2.01. The van der Waals surface area contributed by atoms with Crippen molar-refractivity contribution in [2.45, 2.75) is 0 Å². The first-order valence-electron chi connectivity index (χ1n) is 6.48. The molecule has 104 valence electrons. The Morgan fingerprint density at radius 3 is 2.52 bits per heavy atom. The Balaban J connectivity index is 2.07. The molecule has 0 saturated carbocycles. The first kappa shape index (κ1) is 13.1. The zero-order chi connectivity index (χ0) is 14.7. The number of hydrogen-bond acceptors (Lipinski definition) is 4. The van der Waals surface area contributed by atoms with Crippen LogP contribution in [0.15, 0.2) is 66.7 Å². The maximum Gasteiger partial charge on any atom is 0.372 e. The van der Waals surface area contributed by atoms with Crippen molar-refractivity contribution in [3.05, 3.63) is 72.3 Å². The third kappa shape index (κ3) is 2.70. The van der Waals surface area contributed by atoms with Crippen molar-refractivity contribution in [1.82, 2.24) is 0 Å². The molecule has 3 aromatic rings. The fourth-order valence-electron chi connectivity index (χ4n) is 2.24. The van der Waals surface area contributed by atoms with Gasteiger partial charge in [-0.05, 0) is 35.7 Å². The van der Waals surface area contributed by atoms with Crippen molar-refractivity contribution in [3.8, 4) is 0 Å². The lowest BCUT2D eigenvalue weighted by atomic mass is 10.1. The average molecular weight is 279 g/mol. The maximum absolute atomic E-state index is 11.4. The largest absolute Gasteiger partial charge is 0.372 e. The highest BCUT2D eigenvalue weighted by molar-refractivity contribution is 6.00. The second-order valence-corrected chi connectivity index (χ2v) is 4.61. The molecule has 0 fully saturated rings. The van der Waals surface area contributed by atoms with Crippen molar-refractivity contribution in [2.24, 2.45) is 0 Å². The Morgan fingerprint density at radius 1 is 0.952 bits per heavy atom. The van der Waals surface area contributed by atoms with Gasteiger partial charge in [-0.25, -0.2) is 4.79 Å². The summed E-state index contributed by atoms with van der Waals surface area (Å²) in [6, 6.07) is 20.7. The molecule has 4 nitrogen and oxygen atoms in total. The van der Waals surface area contributed by atoms with Gasteiger partial charge >= 0.3 is 5.97 Å². The van der Waals surface area contributed by atoms with Gasteiger partial charge in [-0.15, -0.1) is 0 Å². The molecule has 0 radical (unpaired) electrons. The van der Waals surface area contributed by atoms with E-state index in [-0.39, 0.29) is 0 Å². The average Bonchev–Trinajstić information content (AvgIpc) is 2.55. The van der Waals surface area contributed by atoms with Crippen LogP contribution in [-0.4, -0.2) is 11.2 Å². The fraction of sp³-hybridized carbons (Fsp3) is 0. The summed E-state index contributed by atoms with van der Waals surface area (Å²) >= 11 is 0. The van der Waals surface area contributed by atoms with Crippen LogP contribution in [0.4, 0.5) is 11.4 Å². The topological polar surface area (TPSA) is 58.6 Å². The van der Waals surface area contributed by atoms with E-state index >= 15 is 0 Å². The Kier molecular flexibility index (Phi) is 3.53. The SMILES string of the molecule is O=C(OO)c1ccc2cccc(Nc3ccccc3)c2c1. The first-order valence-corrected chi connectivity index (χ1v) is 6.48. The maximum atomic E-state index is 11.4. The van der Waals surface area contributed by atoms with E-state index in [4.69, 9.17) is 5.26 Å². The zero-order valence-electron chi connectivity index (χ0n) is 11.1. The van der Waals surface area contributed by atoms with E-state index in [0.29, 0.717) is 5.56 Å². The Labute approximate surface area is 121 Å². The molecule has 0 heterocycles. The quantitative estimate of drug-likeness (QED) is 0.557. The first-order chi connectivity index (χ1) is 10.3. The molecule has 0 aliphatic rings. The highest BCUT2D eigenvalue weighted by Crippen LogP contribution is 2.27. The summed E-state index contributed by atoms with van der Waals surface area (Å²) in [5.41, 5.74) is 2.14. The molecule has 21 heavy (non-hydrogen) atoms. The minimum Gasteiger partial charge on any atom is -0.355 e. The van der Waals surface area contributed by atoms with Crippen molar-refractivity contribution in [2.75, 3.05) is 5.32 Å². The number of benzene rings is 3. The minimum absolute atomic E-state index is 0.298. The molecule has 2 N–H and O–H groups in total. The van der Waals surface area contributed by atoms with Gasteiger partial charge in [0, 0.05) is 16.8 Å². The number of fused-ring (bicyclic) bond motifs is 1. The van der Waals surface area contributed by atoms with Gasteiger partial charge in [-0.1, -0.05) is 36.4 Å². The summed E-state index contributed by atoms with van der Waals surface area (Å²) in [6.45, 7) is 0. The molecular weight excluding hydrogens is 266 g/mol. The third-order valence-electron chi connectivity index (χ3n) is 3.25. The number of anilines is 2. The molecule has 0 bridgehead atoms. The van der Waals surface area contributed by atoms with Crippen LogP contribution in [0.1, 0.15) is 10.4 Å². The van der Waals surface area contributed by atoms with Crippen LogP contribution in [0, 0.1) is 0 Å². The summed E-state index contributed by atoms with van der Waals surface area (Å²) in [5.74, 6) is -0.772. The smallest absolute Gasteiger partial charge is 0.355 e. The van der Waals surface area contributed by atoms with Crippen molar-refractivity contribution in [3.63, 3.8) is 0 Å². The molecule has 0 saturated heterocycles. The third-order valence-corrected chi connectivity index (χ3v) is 3.25. The van der Waals surface area contributed by atoms with Crippen molar-refractivity contribution < 1.29 is 14.9 Å². The van der Waals surface area contributed by atoms with Gasteiger partial charge in [-0.3, -0.25) is 4.89 Å². The van der Waals surface area contributed by atoms with Gasteiger partial charge in [-0.2, -0.15) is 5.26 Å². The van der Waals surface area contributed by atoms with Crippen LogP contribution in [0.3, 0.4) is 0 Å². The highest BCUT2D eigenvalue weighted by atomic mass is 17.1. The highest BCUT2D eigenvalue weighted by Gasteiger charge is 2.09. The molecule has 4 heteroatoms. The van der Waals surface area contributed by atoms with Crippen LogP contribution < -0.4 is 5.32 Å². The number of carbonyl (C=O) groups is 1. The van der Waals surface area contributed by atoms with E-state index in [1.165, 1.54) is 0 Å². The lowest BCUT2D eigenvalue weighted by molar-refractivity contribution is -0.182. The molecule has 0 unspecified atom stereocenters. The van der Waals surface area contributed by atoms with Gasteiger partial charge in [0.25, 0.3) is 0 Å². The number of rotatable bonds is 3. The van der Waals surface area contributed by atoms with E-state index in [0.717, 1.165) is 22.1 Å². The molecule has 0 aliphatic heterocycles. The van der Waals surface area contributed by atoms with E-state index < -0.39 is 5.97 Å². The molecular formula is C17H13NO3. The Morgan fingerprint density at radius 2 is 1.76 bits per heavy atom. The summed E-state index contributed by atoms with van der Waals surface area (Å²) in [5, 5.41) is 13.7. The normalized spacial score (nSPS) is 10.3. The summed E-state index contributed by atoms with van der Waals surface area (Å²) in [7, 11) is 0. The monoisotopic (exact) mass is 279 g/mol. The van der Waals surface area contributed by atoms with Crippen LogP contribution in [0.2, 0.25) is 0 Å². The second-order valence-electron chi connectivity index (χ2n) is 4.61. The molecule has 0 atom stereocenters. The zero-order valence-corrected chi connectivity index (χ0v) is 11.1. The minimum atomic E-state index is -0.772. The van der Waals surface area contributed by atoms with Gasteiger partial charge in [0.1, 0.15) is 0 Å². The number of nitrogens with one attached hydrogen (secondary N) is 1. The molecule has 0 aromatic heterocycles. The van der Waals surface area contributed by atoms with E-state index in [1.54, 1.807) is 12.1 Å². The summed E-state index contributed by atoms with van der Waals surface area (Å²) in [6.07, 6.45) is 0. The molecule has 0 aliphatic carbocycles. The predicted octanol–water partition coefficient (Wildman–Crippen LogP) is 4.21. The Hall–Kier alpha value is -2.85. The number of para-hydroxylation sites is 1. The van der Waals surface area contributed by atoms with Crippen molar-refractivity contribution in [1.29, 1.82) is 0 Å². The lowest BCUT2D eigenvalue weighted by Gasteiger charge is -2.10. The van der Waals surface area contributed by atoms with Crippen LogP contribution >= 0.6 is 0 Å². The van der Waals surface area contributed by atoms with E-state index in [1.807, 2.05) is 54.6 Å². The number of carbonyl (C=O) groups excluding carboxylic acids is 1. The molecule has 0 amide bonds. The molecule has 0 spiro atoms. The number of hydrogen-bond donors (Lipinski definition) is 2. The van der Waals surface area contributed by atoms with Gasteiger partial charge in [0.2, 0.25) is 0 Å². The van der Waals surface area contributed by atoms with Gasteiger partial charge in [0.15, 0.2) is 0 Å². The van der Waals surface area contributed by atoms with Gasteiger partial charge in [0.05, 0.1) is 5.56 Å². The Bertz CT molecular complexity index is 784. The predicted molar refractivity (Wildman–Crippen MR) is 81.7 cm³/mol. The fourth-order valence-corrected chi connectivity index (χ4v) is 2.24. The summed E-state index contributed by atoms with van der Waals surface area (Å²) < 4.78 is 0.